The van der Waals surface area contributed by atoms with E-state index in [0.717, 1.165) is 18.0 Å². The summed E-state index contributed by atoms with van der Waals surface area (Å²) in [5.41, 5.74) is 1.36. The van der Waals surface area contributed by atoms with Crippen molar-refractivity contribution in [1.82, 2.24) is 10.2 Å². The van der Waals surface area contributed by atoms with E-state index in [1.807, 2.05) is 18.2 Å². The van der Waals surface area contributed by atoms with Crippen LogP contribution in [0.25, 0.3) is 0 Å². The first kappa shape index (κ1) is 28.2. The third-order valence-corrected chi connectivity index (χ3v) is 7.93. The first-order valence-electron chi connectivity index (χ1n) is 12.6. The fourth-order valence-corrected chi connectivity index (χ4v) is 6.19. The number of esters is 1. The molecule has 1 saturated heterocycles. The Morgan fingerprint density at radius 2 is 1.49 bits per heavy atom. The van der Waals surface area contributed by atoms with E-state index in [1.165, 1.54) is 10.3 Å². The molecule has 3 aromatic rings. The van der Waals surface area contributed by atoms with Crippen LogP contribution in [-0.2, 0) is 33.4 Å². The molecule has 0 saturated carbocycles. The molecule has 12 heteroatoms. The number of para-hydroxylation sites is 1. The lowest BCUT2D eigenvalue weighted by Crippen LogP contribution is -2.74. The largest absolute Gasteiger partial charge is 0.484 e. The van der Waals surface area contributed by atoms with Crippen molar-refractivity contribution in [2.24, 2.45) is 0 Å². The molecular weight excluding hydrogens is 568 g/mol. The van der Waals surface area contributed by atoms with Gasteiger partial charge in [0.15, 0.2) is 24.5 Å². The van der Waals surface area contributed by atoms with Crippen molar-refractivity contribution in [3.63, 3.8) is 0 Å². The number of nitrogens with zero attached hydrogens (tertiary/aromatic N) is 1. The molecule has 0 aromatic heterocycles. The van der Waals surface area contributed by atoms with E-state index >= 15 is 0 Å². The van der Waals surface area contributed by atoms with Crippen molar-refractivity contribution >= 4 is 39.7 Å². The van der Waals surface area contributed by atoms with Gasteiger partial charge < -0.3 is 23.9 Å². The first-order chi connectivity index (χ1) is 19.7. The van der Waals surface area contributed by atoms with E-state index < -0.39 is 51.5 Å². The van der Waals surface area contributed by atoms with Gasteiger partial charge in [0.1, 0.15) is 17.2 Å². The summed E-state index contributed by atoms with van der Waals surface area (Å²) in [5.74, 6) is -1.76. The van der Waals surface area contributed by atoms with Crippen molar-refractivity contribution in [3.05, 3.63) is 113 Å². The molecule has 2 heterocycles. The maximum Gasteiger partial charge on any atom is 0.337 e. The standard InChI is InChI=1S/C29H26N2O8S2/c1-41(35,36)39-22-18-40-28-24(30-23(32)17-37-21-15-9-4-10-16-21)27(33)31(28)25(22)29(34)38-26(19-11-5-2-6-12-19)20-13-7-3-8-14-20/h2-16,18,24-26,28H,17H2,1H3,(H,30,32)/t24-,25?,28+/m1/s1. The highest BCUT2D eigenvalue weighted by Gasteiger charge is 2.57. The summed E-state index contributed by atoms with van der Waals surface area (Å²) in [6, 6.07) is 24.4. The molecule has 1 unspecified atom stereocenters. The third-order valence-electron chi connectivity index (χ3n) is 6.29. The van der Waals surface area contributed by atoms with E-state index in [9.17, 15) is 22.8 Å². The lowest BCUT2D eigenvalue weighted by molar-refractivity contribution is -0.166. The van der Waals surface area contributed by atoms with Crippen LogP contribution in [0.15, 0.2) is 102 Å². The van der Waals surface area contributed by atoms with Crippen molar-refractivity contribution in [2.45, 2.75) is 23.6 Å². The molecule has 1 fully saturated rings. The zero-order chi connectivity index (χ0) is 29.0. The molecule has 0 bridgehead atoms. The Hall–Kier alpha value is -4.29. The predicted molar refractivity (Wildman–Crippen MR) is 151 cm³/mol. The quantitative estimate of drug-likeness (QED) is 0.214. The number of ether oxygens (including phenoxy) is 2. The Bertz CT molecular complexity index is 1510. The number of carbonyl (C=O) groups excluding carboxylic acids is 3. The van der Waals surface area contributed by atoms with Gasteiger partial charge in [-0.25, -0.2) is 4.79 Å². The summed E-state index contributed by atoms with van der Waals surface area (Å²) < 4.78 is 40.6. The number of thioether (sulfide) groups is 1. The molecule has 3 aromatic carbocycles. The number of amides is 2. The Balaban J connectivity index is 1.36. The van der Waals surface area contributed by atoms with Gasteiger partial charge in [-0.3, -0.25) is 9.59 Å². The summed E-state index contributed by atoms with van der Waals surface area (Å²) >= 11 is 1.05. The maximum absolute atomic E-state index is 13.7. The predicted octanol–water partition coefficient (Wildman–Crippen LogP) is 2.98. The molecule has 0 aliphatic carbocycles. The van der Waals surface area contributed by atoms with Crippen LogP contribution < -0.4 is 10.1 Å². The van der Waals surface area contributed by atoms with Crippen molar-refractivity contribution in [3.8, 4) is 5.75 Å². The van der Waals surface area contributed by atoms with Gasteiger partial charge >= 0.3 is 16.1 Å². The first-order valence-corrected chi connectivity index (χ1v) is 15.3. The molecule has 41 heavy (non-hydrogen) atoms. The third kappa shape index (κ3) is 6.55. The summed E-state index contributed by atoms with van der Waals surface area (Å²) in [6.07, 6.45) is 0.0108. The topological polar surface area (TPSA) is 128 Å². The Morgan fingerprint density at radius 1 is 0.927 bits per heavy atom. The summed E-state index contributed by atoms with van der Waals surface area (Å²) in [4.78, 5) is 40.7. The summed E-state index contributed by atoms with van der Waals surface area (Å²) in [6.45, 7) is -0.315. The highest BCUT2D eigenvalue weighted by atomic mass is 32.2. The molecule has 2 amide bonds. The van der Waals surface area contributed by atoms with Crippen LogP contribution in [0.2, 0.25) is 0 Å². The van der Waals surface area contributed by atoms with Gasteiger partial charge in [-0.15, -0.1) is 11.8 Å². The Morgan fingerprint density at radius 3 is 2.05 bits per heavy atom. The summed E-state index contributed by atoms with van der Waals surface area (Å²) in [7, 11) is -4.04. The number of hydrogen-bond acceptors (Lipinski definition) is 9. The van der Waals surface area contributed by atoms with Crippen LogP contribution in [0.3, 0.4) is 0 Å². The van der Waals surface area contributed by atoms with Crippen molar-refractivity contribution in [2.75, 3.05) is 12.9 Å². The van der Waals surface area contributed by atoms with Gasteiger partial charge in [0, 0.05) is 5.41 Å². The number of β-lactam (4-membered cyclic amide) rings is 1. The minimum absolute atomic E-state index is 0.260. The zero-order valence-corrected chi connectivity index (χ0v) is 23.4. The van der Waals surface area contributed by atoms with E-state index in [0.29, 0.717) is 16.9 Å². The molecule has 0 spiro atoms. The number of carbonyl (C=O) groups is 3. The maximum atomic E-state index is 13.7. The lowest BCUT2D eigenvalue weighted by Gasteiger charge is -2.51. The van der Waals surface area contributed by atoms with Crippen molar-refractivity contribution in [1.29, 1.82) is 0 Å². The van der Waals surface area contributed by atoms with Gasteiger partial charge in [-0.1, -0.05) is 78.9 Å². The number of benzene rings is 3. The van der Waals surface area contributed by atoms with Crippen LogP contribution in [0.4, 0.5) is 0 Å². The number of fused-ring (bicyclic) bond motifs is 1. The monoisotopic (exact) mass is 594 g/mol. The normalized spacial score (nSPS) is 19.9. The highest BCUT2D eigenvalue weighted by Crippen LogP contribution is 2.42. The van der Waals surface area contributed by atoms with E-state index in [4.69, 9.17) is 13.7 Å². The van der Waals surface area contributed by atoms with Gasteiger partial charge in [-0.2, -0.15) is 8.42 Å². The number of hydrogen-bond donors (Lipinski definition) is 1. The lowest BCUT2D eigenvalue weighted by atomic mass is 10.00. The molecule has 3 atom stereocenters. The minimum Gasteiger partial charge on any atom is -0.484 e. The second-order valence-corrected chi connectivity index (χ2v) is 11.8. The fourth-order valence-electron chi connectivity index (χ4n) is 4.49. The smallest absolute Gasteiger partial charge is 0.337 e. The van der Waals surface area contributed by atoms with Gasteiger partial charge in [0.05, 0.1) is 6.26 Å². The zero-order valence-electron chi connectivity index (χ0n) is 21.8. The van der Waals surface area contributed by atoms with E-state index in [1.54, 1.807) is 72.8 Å². The van der Waals surface area contributed by atoms with E-state index in [2.05, 4.69) is 5.32 Å². The SMILES string of the molecule is CS(=O)(=O)OC1=CS[C@H]2[C@H](NC(=O)COc3ccccc3)C(=O)N2C1C(=O)OC(c1ccccc1)c1ccccc1. The van der Waals surface area contributed by atoms with Crippen LogP contribution >= 0.6 is 11.8 Å². The fraction of sp³-hybridized carbons (Fsp3) is 0.207. The molecule has 5 rings (SSSR count). The van der Waals surface area contributed by atoms with Gasteiger partial charge in [0.2, 0.25) is 5.91 Å². The average Bonchev–Trinajstić information content (AvgIpc) is 2.98. The summed E-state index contributed by atoms with van der Waals surface area (Å²) in [5, 5.41) is 3.30. The second-order valence-electron chi connectivity index (χ2n) is 9.27. The molecule has 2 aliphatic heterocycles. The number of rotatable bonds is 10. The van der Waals surface area contributed by atoms with Crippen LogP contribution in [-0.4, -0.2) is 61.4 Å². The second kappa shape index (κ2) is 12.1. The molecule has 212 valence electrons. The average molecular weight is 595 g/mol. The van der Waals surface area contributed by atoms with Crippen molar-refractivity contribution < 1.29 is 36.5 Å². The number of nitrogens with one attached hydrogen (secondary N) is 1. The molecule has 0 radical (unpaired) electrons. The molecule has 10 nitrogen and oxygen atoms in total. The highest BCUT2D eigenvalue weighted by molar-refractivity contribution is 8.03. The molecule has 2 aliphatic rings. The van der Waals surface area contributed by atoms with Crippen LogP contribution in [0.5, 0.6) is 5.75 Å². The van der Waals surface area contributed by atoms with E-state index in [-0.39, 0.29) is 12.4 Å². The minimum atomic E-state index is -4.04. The Labute approximate surface area is 241 Å². The van der Waals surface area contributed by atoms with Gasteiger partial charge in [-0.05, 0) is 23.3 Å². The molecule has 1 N–H and O–H groups in total. The van der Waals surface area contributed by atoms with Crippen LogP contribution in [0.1, 0.15) is 17.2 Å². The molecular formula is C29H26N2O8S2. The van der Waals surface area contributed by atoms with Crippen LogP contribution in [0, 0.1) is 0 Å². The van der Waals surface area contributed by atoms with Gasteiger partial charge in [0.25, 0.3) is 5.91 Å². The Kier molecular flexibility index (Phi) is 8.31.